The molecule has 4 aromatic rings. The molecule has 2 aromatic carbocycles. The van der Waals surface area contributed by atoms with Crippen molar-refractivity contribution in [2.24, 2.45) is 10.2 Å². The molecule has 0 spiro atoms. The lowest BCUT2D eigenvalue weighted by molar-refractivity contribution is 0.0995. The highest BCUT2D eigenvalue weighted by Crippen LogP contribution is 2.37. The number of thiazole rings is 1. The number of aromatic nitrogens is 2. The Bertz CT molecular complexity index is 1090. The maximum Gasteiger partial charge on any atom is 0.324 e. The van der Waals surface area contributed by atoms with Gasteiger partial charge in [0.15, 0.2) is 10.7 Å². The molecule has 0 atom stereocenters. The summed E-state index contributed by atoms with van der Waals surface area (Å²) in [6.07, 6.45) is 0.818. The number of carbonyl (C=O) groups is 1. The van der Waals surface area contributed by atoms with Gasteiger partial charge in [-0.25, -0.2) is 4.98 Å². The van der Waals surface area contributed by atoms with Gasteiger partial charge in [0.1, 0.15) is 0 Å². The van der Waals surface area contributed by atoms with Gasteiger partial charge in [0.25, 0.3) is 0 Å². The Morgan fingerprint density at radius 2 is 2.08 bits per heavy atom. The highest BCUT2D eigenvalue weighted by Gasteiger charge is 2.15. The first-order chi connectivity index (χ1) is 12.2. The van der Waals surface area contributed by atoms with Crippen LogP contribution in [0.3, 0.4) is 0 Å². The molecular weight excluding hydrogens is 336 g/mol. The van der Waals surface area contributed by atoms with Crippen molar-refractivity contribution in [2.45, 2.75) is 13.3 Å². The third-order valence-electron chi connectivity index (χ3n) is 3.97. The quantitative estimate of drug-likeness (QED) is 0.511. The number of fused-ring (bicyclic) bond motifs is 2. The van der Waals surface area contributed by atoms with Crippen molar-refractivity contribution in [3.8, 4) is 5.88 Å². The molecular formula is C18H14N4O2S. The molecule has 4 rings (SSSR count). The van der Waals surface area contributed by atoms with E-state index in [-0.39, 0.29) is 16.6 Å². The predicted molar refractivity (Wildman–Crippen MR) is 97.8 cm³/mol. The molecule has 1 amide bonds. The van der Waals surface area contributed by atoms with Gasteiger partial charge in [-0.3, -0.25) is 4.79 Å². The van der Waals surface area contributed by atoms with Crippen LogP contribution in [0.1, 0.15) is 22.3 Å². The van der Waals surface area contributed by atoms with Crippen molar-refractivity contribution in [1.29, 1.82) is 0 Å². The number of aromatic hydroxyl groups is 1. The number of azo groups is 1. The normalized spacial score (nSPS) is 11.7. The molecule has 0 aliphatic carbocycles. The smallest absolute Gasteiger partial charge is 0.324 e. The SMILES string of the molecule is CCc1cccc2c(N=NC(=O)c3nc4ccccc4s3)c(O)[nH]c12. The summed E-state index contributed by atoms with van der Waals surface area (Å²) in [4.78, 5) is 19.5. The summed E-state index contributed by atoms with van der Waals surface area (Å²) >= 11 is 1.27. The van der Waals surface area contributed by atoms with E-state index in [4.69, 9.17) is 0 Å². The van der Waals surface area contributed by atoms with Crippen LogP contribution in [-0.4, -0.2) is 21.0 Å². The fourth-order valence-electron chi connectivity index (χ4n) is 2.75. The van der Waals surface area contributed by atoms with Crippen molar-refractivity contribution in [2.75, 3.05) is 0 Å². The van der Waals surface area contributed by atoms with Crippen LogP contribution < -0.4 is 0 Å². The summed E-state index contributed by atoms with van der Waals surface area (Å²) < 4.78 is 0.920. The number of rotatable bonds is 3. The number of benzene rings is 2. The van der Waals surface area contributed by atoms with Gasteiger partial charge < -0.3 is 10.1 Å². The lowest BCUT2D eigenvalue weighted by Crippen LogP contribution is -1.91. The Morgan fingerprint density at radius 3 is 2.88 bits per heavy atom. The zero-order valence-corrected chi connectivity index (χ0v) is 14.2. The molecule has 0 aliphatic rings. The molecule has 2 aromatic heterocycles. The van der Waals surface area contributed by atoms with Gasteiger partial charge in [-0.2, -0.15) is 0 Å². The number of nitrogens with one attached hydrogen (secondary N) is 1. The van der Waals surface area contributed by atoms with E-state index in [9.17, 15) is 9.90 Å². The van der Waals surface area contributed by atoms with E-state index >= 15 is 0 Å². The number of amides is 1. The topological polar surface area (TPSA) is 90.7 Å². The largest absolute Gasteiger partial charge is 0.493 e. The Balaban J connectivity index is 1.70. The van der Waals surface area contributed by atoms with E-state index in [0.717, 1.165) is 33.1 Å². The van der Waals surface area contributed by atoms with Crippen molar-refractivity contribution in [1.82, 2.24) is 9.97 Å². The number of nitrogens with zero attached hydrogens (tertiary/aromatic N) is 3. The van der Waals surface area contributed by atoms with Gasteiger partial charge in [-0.05, 0) is 24.1 Å². The molecule has 2 N–H and O–H groups in total. The molecule has 124 valence electrons. The third kappa shape index (κ3) is 2.68. The third-order valence-corrected chi connectivity index (χ3v) is 5.00. The van der Waals surface area contributed by atoms with E-state index in [1.807, 2.05) is 49.4 Å². The van der Waals surface area contributed by atoms with Crippen LogP contribution in [0.2, 0.25) is 0 Å². The summed E-state index contributed by atoms with van der Waals surface area (Å²) in [6.45, 7) is 2.03. The Kier molecular flexibility index (Phi) is 3.77. The van der Waals surface area contributed by atoms with Gasteiger partial charge in [-0.15, -0.1) is 21.6 Å². The van der Waals surface area contributed by atoms with Gasteiger partial charge >= 0.3 is 5.91 Å². The molecule has 0 aliphatic heterocycles. The lowest BCUT2D eigenvalue weighted by atomic mass is 10.1. The number of aromatic amines is 1. The molecule has 7 heteroatoms. The standard InChI is InChI=1S/C18H14N4O2S/c1-2-10-6-5-7-11-14(10)20-16(23)15(11)21-22-17(24)18-19-12-8-3-4-9-13(12)25-18/h3-9,20,23H,2H2,1H3. The maximum absolute atomic E-state index is 12.3. The first kappa shape index (κ1) is 15.5. The minimum absolute atomic E-state index is 0.100. The number of hydrogen-bond acceptors (Lipinski definition) is 5. The van der Waals surface area contributed by atoms with Gasteiger partial charge in [-0.1, -0.05) is 37.3 Å². The van der Waals surface area contributed by atoms with Crippen LogP contribution in [-0.2, 0) is 6.42 Å². The van der Waals surface area contributed by atoms with Gasteiger partial charge in [0.2, 0.25) is 5.88 Å². The minimum atomic E-state index is -0.526. The zero-order valence-electron chi connectivity index (χ0n) is 13.4. The van der Waals surface area contributed by atoms with Crippen LogP contribution >= 0.6 is 11.3 Å². The van der Waals surface area contributed by atoms with Crippen molar-refractivity contribution in [3.05, 3.63) is 53.0 Å². The highest BCUT2D eigenvalue weighted by molar-refractivity contribution is 7.20. The van der Waals surface area contributed by atoms with E-state index < -0.39 is 5.91 Å². The fourth-order valence-corrected chi connectivity index (χ4v) is 3.59. The molecule has 6 nitrogen and oxygen atoms in total. The molecule has 0 fully saturated rings. The number of H-pyrrole nitrogens is 1. The van der Waals surface area contributed by atoms with Crippen LogP contribution in [0, 0.1) is 0 Å². The molecule has 0 radical (unpaired) electrons. The molecule has 0 unspecified atom stereocenters. The predicted octanol–water partition coefficient (Wildman–Crippen LogP) is 4.97. The second-order valence-corrected chi connectivity index (χ2v) is 6.54. The average molecular weight is 350 g/mol. The molecule has 0 saturated carbocycles. The first-order valence-corrected chi connectivity index (χ1v) is 8.63. The van der Waals surface area contributed by atoms with Crippen LogP contribution in [0.4, 0.5) is 5.69 Å². The first-order valence-electron chi connectivity index (χ1n) is 7.81. The van der Waals surface area contributed by atoms with Crippen LogP contribution in [0.5, 0.6) is 5.88 Å². The summed E-state index contributed by atoms with van der Waals surface area (Å²) in [7, 11) is 0. The number of carbonyl (C=O) groups excluding carboxylic acids is 1. The second-order valence-electron chi connectivity index (χ2n) is 5.51. The monoisotopic (exact) mass is 350 g/mol. The number of aryl methyl sites for hydroxylation is 1. The second kappa shape index (κ2) is 6.10. The van der Waals surface area contributed by atoms with Gasteiger partial charge in [0, 0.05) is 5.39 Å². The van der Waals surface area contributed by atoms with Crippen molar-refractivity contribution in [3.63, 3.8) is 0 Å². The Morgan fingerprint density at radius 1 is 1.24 bits per heavy atom. The Hall–Kier alpha value is -3.06. The van der Waals surface area contributed by atoms with E-state index in [1.54, 1.807) is 0 Å². The molecule has 0 saturated heterocycles. The van der Waals surface area contributed by atoms with Gasteiger partial charge in [0.05, 0.1) is 15.7 Å². The van der Waals surface area contributed by atoms with Crippen LogP contribution in [0.25, 0.3) is 21.1 Å². The Labute approximate surface area is 146 Å². The molecule has 2 heterocycles. The van der Waals surface area contributed by atoms with E-state index in [1.165, 1.54) is 11.3 Å². The average Bonchev–Trinajstić information content (AvgIpc) is 3.20. The molecule has 0 bridgehead atoms. The van der Waals surface area contributed by atoms with E-state index in [2.05, 4.69) is 20.2 Å². The van der Waals surface area contributed by atoms with Crippen LogP contribution in [0.15, 0.2) is 52.7 Å². The summed E-state index contributed by atoms with van der Waals surface area (Å²) in [5.74, 6) is -0.627. The van der Waals surface area contributed by atoms with E-state index in [0.29, 0.717) is 0 Å². The summed E-state index contributed by atoms with van der Waals surface area (Å²) in [5.41, 5.74) is 2.89. The minimum Gasteiger partial charge on any atom is -0.493 e. The summed E-state index contributed by atoms with van der Waals surface area (Å²) in [5, 5.41) is 18.9. The zero-order chi connectivity index (χ0) is 17.4. The van der Waals surface area contributed by atoms with Crippen molar-refractivity contribution >= 4 is 44.1 Å². The molecule has 25 heavy (non-hydrogen) atoms. The number of hydrogen-bond donors (Lipinski definition) is 2. The fraction of sp³-hybridized carbons (Fsp3) is 0.111. The lowest BCUT2D eigenvalue weighted by Gasteiger charge is -1.97. The number of para-hydroxylation sites is 2. The van der Waals surface area contributed by atoms with Crippen molar-refractivity contribution < 1.29 is 9.90 Å². The maximum atomic E-state index is 12.3. The highest BCUT2D eigenvalue weighted by atomic mass is 32.1. The summed E-state index contributed by atoms with van der Waals surface area (Å²) in [6, 6.07) is 13.2.